The molecule has 0 unspecified atom stereocenters. The fraction of sp³-hybridized carbons (Fsp3) is 0.600. The Morgan fingerprint density at radius 2 is 1.90 bits per heavy atom. The third kappa shape index (κ3) is 3.20. The van der Waals surface area contributed by atoms with Gasteiger partial charge in [0.15, 0.2) is 0 Å². The zero-order valence-corrected chi connectivity index (χ0v) is 13.3. The monoisotopic (exact) mass is 289 g/mol. The topological polar surface area (TPSA) is 72.2 Å². The third-order valence-corrected chi connectivity index (χ3v) is 4.00. The summed E-state index contributed by atoms with van der Waals surface area (Å²) in [5.41, 5.74) is 1.29. The first-order chi connectivity index (χ1) is 9.91. The summed E-state index contributed by atoms with van der Waals surface area (Å²) in [7, 11) is 0. The van der Waals surface area contributed by atoms with Crippen molar-refractivity contribution in [3.63, 3.8) is 0 Å². The molecule has 0 aromatic carbocycles. The highest BCUT2D eigenvalue weighted by molar-refractivity contribution is 5.95. The zero-order chi connectivity index (χ0) is 15.6. The summed E-state index contributed by atoms with van der Waals surface area (Å²) in [4.78, 5) is 20.5. The van der Waals surface area contributed by atoms with Crippen LogP contribution >= 0.6 is 0 Å². The van der Waals surface area contributed by atoms with Gasteiger partial charge in [0.05, 0.1) is 11.3 Å². The van der Waals surface area contributed by atoms with Crippen molar-refractivity contribution >= 4 is 11.7 Å². The molecule has 2 heterocycles. The van der Waals surface area contributed by atoms with Gasteiger partial charge in [0.25, 0.3) is 11.7 Å². The molecule has 1 amide bonds. The quantitative estimate of drug-likeness (QED) is 0.915. The highest BCUT2D eigenvalue weighted by atomic mass is 16.1. The summed E-state index contributed by atoms with van der Waals surface area (Å²) in [6.45, 7) is 11.3. The van der Waals surface area contributed by atoms with Crippen molar-refractivity contribution in [3.8, 4) is 0 Å². The Morgan fingerprint density at radius 1 is 1.24 bits per heavy atom. The Morgan fingerprint density at radius 3 is 2.52 bits per heavy atom. The van der Waals surface area contributed by atoms with Crippen LogP contribution in [0.5, 0.6) is 0 Å². The van der Waals surface area contributed by atoms with Gasteiger partial charge in [-0.25, -0.2) is 9.50 Å². The average molecular weight is 289 g/mol. The summed E-state index contributed by atoms with van der Waals surface area (Å²) in [5.74, 6) is 1.91. The maximum Gasteiger partial charge on any atom is 0.254 e. The fourth-order valence-electron chi connectivity index (χ4n) is 2.66. The van der Waals surface area contributed by atoms with E-state index in [2.05, 4.69) is 48.1 Å². The number of carbonyl (C=O) groups excluding carboxylic acids is 1. The van der Waals surface area contributed by atoms with Crippen LogP contribution in [-0.2, 0) is 0 Å². The molecule has 0 atom stereocenters. The Bertz CT molecular complexity index is 624. The summed E-state index contributed by atoms with van der Waals surface area (Å²) in [6.07, 6.45) is 3.00. The number of nitrogens with zero attached hydrogens (tertiary/aromatic N) is 4. The molecule has 0 radical (unpaired) electrons. The molecular weight excluding hydrogens is 266 g/mol. The first-order valence-electron chi connectivity index (χ1n) is 7.35. The van der Waals surface area contributed by atoms with E-state index in [0.717, 1.165) is 5.69 Å². The maximum absolute atomic E-state index is 12.4. The van der Waals surface area contributed by atoms with E-state index in [1.165, 1.54) is 6.33 Å². The summed E-state index contributed by atoms with van der Waals surface area (Å²) >= 11 is 0. The van der Waals surface area contributed by atoms with Crippen molar-refractivity contribution in [2.45, 2.75) is 34.6 Å². The molecular formula is C15H23N5O. The number of rotatable bonds is 5. The number of carbonyl (C=O) groups is 1. The second kappa shape index (κ2) is 6.20. The first-order valence-corrected chi connectivity index (χ1v) is 7.35. The molecule has 0 aliphatic heterocycles. The predicted molar refractivity (Wildman–Crippen MR) is 81.0 cm³/mol. The van der Waals surface area contributed by atoms with E-state index in [1.807, 2.05) is 6.92 Å². The van der Waals surface area contributed by atoms with Crippen molar-refractivity contribution in [1.29, 1.82) is 0 Å². The number of hydrogen-bond donors (Lipinski definition) is 1. The van der Waals surface area contributed by atoms with Crippen LogP contribution < -0.4 is 5.32 Å². The smallest absolute Gasteiger partial charge is 0.254 e. The molecule has 0 bridgehead atoms. The van der Waals surface area contributed by atoms with Gasteiger partial charge in [-0.1, -0.05) is 27.7 Å². The largest absolute Gasteiger partial charge is 0.352 e. The van der Waals surface area contributed by atoms with Gasteiger partial charge >= 0.3 is 0 Å². The van der Waals surface area contributed by atoms with Gasteiger partial charge in [-0.2, -0.15) is 10.1 Å². The van der Waals surface area contributed by atoms with E-state index in [1.54, 1.807) is 10.7 Å². The van der Waals surface area contributed by atoms with Crippen molar-refractivity contribution in [2.24, 2.45) is 17.8 Å². The molecule has 0 fully saturated rings. The molecule has 2 aromatic heterocycles. The molecule has 2 aromatic rings. The SMILES string of the molecule is Cc1c(C(=O)NCC(C(C)C)C(C)C)cnc2ncnn12. The van der Waals surface area contributed by atoms with E-state index >= 15 is 0 Å². The molecule has 114 valence electrons. The molecule has 21 heavy (non-hydrogen) atoms. The van der Waals surface area contributed by atoms with E-state index in [4.69, 9.17) is 0 Å². The zero-order valence-electron chi connectivity index (χ0n) is 13.3. The van der Waals surface area contributed by atoms with Crippen molar-refractivity contribution in [1.82, 2.24) is 24.9 Å². The molecule has 0 aliphatic carbocycles. The van der Waals surface area contributed by atoms with E-state index in [9.17, 15) is 4.79 Å². The Labute approximate surface area is 125 Å². The standard InChI is InChI=1S/C15H23N5O/c1-9(2)12(10(3)4)6-16-14(21)13-7-17-15-18-8-19-20(15)11(13)5/h7-10,12H,6H2,1-5H3,(H,16,21). The molecule has 1 N–H and O–H groups in total. The molecule has 6 heteroatoms. The second-order valence-corrected chi connectivity index (χ2v) is 6.09. The van der Waals surface area contributed by atoms with Crippen LogP contribution in [0.15, 0.2) is 12.5 Å². The van der Waals surface area contributed by atoms with E-state index in [-0.39, 0.29) is 5.91 Å². The number of aromatic nitrogens is 4. The predicted octanol–water partition coefficient (Wildman–Crippen LogP) is 2.09. The van der Waals surface area contributed by atoms with Gasteiger partial charge in [0.2, 0.25) is 0 Å². The Balaban J connectivity index is 2.13. The van der Waals surface area contributed by atoms with Crippen LogP contribution in [0.1, 0.15) is 43.7 Å². The lowest BCUT2D eigenvalue weighted by Gasteiger charge is -2.25. The van der Waals surface area contributed by atoms with Gasteiger partial charge < -0.3 is 5.32 Å². The van der Waals surface area contributed by atoms with Crippen molar-refractivity contribution in [2.75, 3.05) is 6.54 Å². The van der Waals surface area contributed by atoms with Gasteiger partial charge in [-0.15, -0.1) is 0 Å². The number of aryl methyl sites for hydroxylation is 1. The van der Waals surface area contributed by atoms with Crippen LogP contribution in [0.3, 0.4) is 0 Å². The van der Waals surface area contributed by atoms with Gasteiger partial charge in [0, 0.05) is 12.7 Å². The third-order valence-electron chi connectivity index (χ3n) is 4.00. The highest BCUT2D eigenvalue weighted by Gasteiger charge is 2.20. The number of hydrogen-bond acceptors (Lipinski definition) is 4. The fourth-order valence-corrected chi connectivity index (χ4v) is 2.66. The summed E-state index contributed by atoms with van der Waals surface area (Å²) in [6, 6.07) is 0. The molecule has 2 rings (SSSR count). The normalized spacial score (nSPS) is 11.8. The number of nitrogens with one attached hydrogen (secondary N) is 1. The van der Waals surface area contributed by atoms with Gasteiger partial charge in [-0.05, 0) is 24.7 Å². The molecule has 0 saturated carbocycles. The van der Waals surface area contributed by atoms with E-state index < -0.39 is 0 Å². The Kier molecular flexibility index (Phi) is 4.55. The van der Waals surface area contributed by atoms with Crippen molar-refractivity contribution in [3.05, 3.63) is 23.8 Å². The molecule has 0 spiro atoms. The number of amides is 1. The highest BCUT2D eigenvalue weighted by Crippen LogP contribution is 2.19. The van der Waals surface area contributed by atoms with Crippen LogP contribution in [0.25, 0.3) is 5.78 Å². The minimum atomic E-state index is -0.108. The summed E-state index contributed by atoms with van der Waals surface area (Å²) in [5, 5.41) is 7.10. The Hall–Kier alpha value is -1.98. The lowest BCUT2D eigenvalue weighted by atomic mass is 9.85. The summed E-state index contributed by atoms with van der Waals surface area (Å²) < 4.78 is 1.58. The minimum absolute atomic E-state index is 0.108. The number of fused-ring (bicyclic) bond motifs is 1. The van der Waals surface area contributed by atoms with Gasteiger partial charge in [-0.3, -0.25) is 4.79 Å². The van der Waals surface area contributed by atoms with Gasteiger partial charge in [0.1, 0.15) is 6.33 Å². The van der Waals surface area contributed by atoms with E-state index in [0.29, 0.717) is 35.6 Å². The maximum atomic E-state index is 12.4. The molecule has 0 saturated heterocycles. The molecule has 0 aliphatic rings. The van der Waals surface area contributed by atoms with Crippen LogP contribution in [0.2, 0.25) is 0 Å². The lowest BCUT2D eigenvalue weighted by molar-refractivity contribution is 0.0935. The minimum Gasteiger partial charge on any atom is -0.352 e. The first kappa shape index (κ1) is 15.4. The van der Waals surface area contributed by atoms with Crippen molar-refractivity contribution < 1.29 is 4.79 Å². The average Bonchev–Trinajstić information content (AvgIpc) is 2.87. The second-order valence-electron chi connectivity index (χ2n) is 6.09. The lowest BCUT2D eigenvalue weighted by Crippen LogP contribution is -2.34. The van der Waals surface area contributed by atoms with Crippen LogP contribution in [-0.4, -0.2) is 32.0 Å². The van der Waals surface area contributed by atoms with Crippen LogP contribution in [0.4, 0.5) is 0 Å². The molecule has 6 nitrogen and oxygen atoms in total. The van der Waals surface area contributed by atoms with Crippen LogP contribution in [0, 0.1) is 24.7 Å².